The molecule has 13 heavy (non-hydrogen) atoms. The smallest absolute Gasteiger partial charge is 0.365 e. The number of carboxylic acids is 1. The van der Waals surface area contributed by atoms with Crippen LogP contribution in [0.4, 0.5) is 4.39 Å². The maximum atomic E-state index is 12.9. The molecule has 0 atom stereocenters. The number of hydrogen-bond acceptors (Lipinski definition) is 2. The average Bonchev–Trinajstić information content (AvgIpc) is 2.49. The Bertz CT molecular complexity index is 370. The van der Waals surface area contributed by atoms with Gasteiger partial charge in [-0.3, -0.25) is 0 Å². The zero-order valence-corrected chi connectivity index (χ0v) is 8.25. The van der Waals surface area contributed by atoms with Crippen molar-refractivity contribution in [1.29, 1.82) is 0 Å². The van der Waals surface area contributed by atoms with E-state index in [2.05, 4.69) is 0 Å². The minimum absolute atomic E-state index is 0.0932. The highest BCUT2D eigenvalue weighted by Gasteiger charge is 2.12. The van der Waals surface area contributed by atoms with Crippen LogP contribution in [0.2, 0.25) is 4.34 Å². The summed E-state index contributed by atoms with van der Waals surface area (Å²) in [5, 5.41) is 9.97. The molecule has 0 saturated heterocycles. The molecule has 2 nitrogen and oxygen atoms in total. The molecule has 0 aromatic carbocycles. The molecule has 0 aliphatic carbocycles. The fourth-order valence-electron chi connectivity index (χ4n) is 0.794. The summed E-state index contributed by atoms with van der Waals surface area (Å²) in [4.78, 5) is 10.3. The number of carboxylic acid groups (broad SMARTS) is 1. The summed E-state index contributed by atoms with van der Waals surface area (Å²) in [6.07, 6.45) is 0. The summed E-state index contributed by atoms with van der Waals surface area (Å²) < 4.78 is 13.4. The molecular weight excluding hydrogens is 215 g/mol. The van der Waals surface area contributed by atoms with Crippen molar-refractivity contribution >= 4 is 34.5 Å². The lowest BCUT2D eigenvalue weighted by molar-refractivity contribution is -0.134. The van der Waals surface area contributed by atoms with E-state index >= 15 is 0 Å². The van der Waals surface area contributed by atoms with Crippen LogP contribution in [0.25, 0.3) is 5.57 Å². The van der Waals surface area contributed by atoms with Crippen LogP contribution in [0.15, 0.2) is 17.3 Å². The molecule has 0 spiro atoms. The normalized spacial score (nSPS) is 12.5. The van der Waals surface area contributed by atoms with Crippen molar-refractivity contribution in [3.05, 3.63) is 27.2 Å². The van der Waals surface area contributed by atoms with Gasteiger partial charge in [-0.2, -0.15) is 4.39 Å². The summed E-state index contributed by atoms with van der Waals surface area (Å²) in [5.74, 6) is -2.70. The highest BCUT2D eigenvalue weighted by atomic mass is 35.5. The standard InChI is InChI=1S/C8H6ClFO2S/c1-4(7(10)8(11)12)5-2-6(9)13-3-5/h2-3H,1H3,(H,11,12)/b7-4-. The predicted molar refractivity (Wildman–Crippen MR) is 50.7 cm³/mol. The maximum Gasteiger partial charge on any atom is 0.365 e. The van der Waals surface area contributed by atoms with E-state index in [1.165, 1.54) is 24.3 Å². The molecule has 0 unspecified atom stereocenters. The van der Waals surface area contributed by atoms with Crippen molar-refractivity contribution in [1.82, 2.24) is 0 Å². The molecule has 1 N–H and O–H groups in total. The summed E-state index contributed by atoms with van der Waals surface area (Å²) >= 11 is 6.85. The second kappa shape index (κ2) is 3.89. The van der Waals surface area contributed by atoms with Crippen molar-refractivity contribution in [3.8, 4) is 0 Å². The van der Waals surface area contributed by atoms with Crippen LogP contribution in [0.5, 0.6) is 0 Å². The Hall–Kier alpha value is -0.870. The van der Waals surface area contributed by atoms with E-state index in [4.69, 9.17) is 16.7 Å². The predicted octanol–water partition coefficient (Wildman–Crippen LogP) is 3.19. The quantitative estimate of drug-likeness (QED) is 0.778. The Kier molecular flexibility index (Phi) is 3.06. The fraction of sp³-hybridized carbons (Fsp3) is 0.125. The molecule has 1 aromatic heterocycles. The van der Waals surface area contributed by atoms with Crippen molar-refractivity contribution in [2.24, 2.45) is 0 Å². The largest absolute Gasteiger partial charge is 0.476 e. The van der Waals surface area contributed by atoms with Crippen LogP contribution < -0.4 is 0 Å². The Morgan fingerprint density at radius 2 is 2.31 bits per heavy atom. The van der Waals surface area contributed by atoms with E-state index in [0.717, 1.165) is 0 Å². The first-order chi connectivity index (χ1) is 6.02. The Morgan fingerprint density at radius 3 is 2.69 bits per heavy atom. The molecule has 70 valence electrons. The molecular formula is C8H6ClFO2S. The van der Waals surface area contributed by atoms with Gasteiger partial charge >= 0.3 is 5.97 Å². The molecule has 1 aromatic rings. The highest BCUT2D eigenvalue weighted by Crippen LogP contribution is 2.27. The van der Waals surface area contributed by atoms with Crippen LogP contribution in [0, 0.1) is 0 Å². The number of halogens is 2. The molecule has 5 heteroatoms. The Morgan fingerprint density at radius 1 is 1.69 bits per heavy atom. The van der Waals surface area contributed by atoms with E-state index in [9.17, 15) is 9.18 Å². The van der Waals surface area contributed by atoms with Gasteiger partial charge in [0.15, 0.2) is 0 Å². The lowest BCUT2D eigenvalue weighted by Crippen LogP contribution is -1.97. The van der Waals surface area contributed by atoms with Gasteiger partial charge in [-0.1, -0.05) is 11.6 Å². The van der Waals surface area contributed by atoms with Gasteiger partial charge in [0.05, 0.1) is 4.34 Å². The number of allylic oxidation sites excluding steroid dienone is 1. The van der Waals surface area contributed by atoms with E-state index < -0.39 is 11.8 Å². The molecule has 0 aliphatic heterocycles. The fourth-order valence-corrected chi connectivity index (χ4v) is 1.72. The average molecular weight is 221 g/mol. The molecule has 0 saturated carbocycles. The minimum atomic E-state index is -1.56. The van der Waals surface area contributed by atoms with Gasteiger partial charge in [0, 0.05) is 5.57 Å². The topological polar surface area (TPSA) is 37.3 Å². The third-order valence-corrected chi connectivity index (χ3v) is 2.61. The highest BCUT2D eigenvalue weighted by molar-refractivity contribution is 7.14. The third kappa shape index (κ3) is 2.29. The van der Waals surface area contributed by atoms with Gasteiger partial charge in [0.1, 0.15) is 0 Å². The number of hydrogen-bond donors (Lipinski definition) is 1. The summed E-state index contributed by atoms with van der Waals surface area (Å²) in [7, 11) is 0. The number of thiophene rings is 1. The first-order valence-electron chi connectivity index (χ1n) is 3.36. The minimum Gasteiger partial charge on any atom is -0.476 e. The van der Waals surface area contributed by atoms with Crippen LogP contribution in [-0.4, -0.2) is 11.1 Å². The van der Waals surface area contributed by atoms with Gasteiger partial charge in [-0.25, -0.2) is 4.79 Å². The first kappa shape index (κ1) is 10.2. The molecule has 0 aliphatic rings. The Labute approximate surface area is 83.3 Å². The molecule has 0 bridgehead atoms. The van der Waals surface area contributed by atoms with Gasteiger partial charge < -0.3 is 5.11 Å². The van der Waals surface area contributed by atoms with Gasteiger partial charge in [-0.15, -0.1) is 11.3 Å². The van der Waals surface area contributed by atoms with Gasteiger partial charge in [-0.05, 0) is 23.9 Å². The second-order valence-electron chi connectivity index (χ2n) is 2.38. The van der Waals surface area contributed by atoms with Gasteiger partial charge in [0.2, 0.25) is 5.83 Å². The maximum absolute atomic E-state index is 12.9. The van der Waals surface area contributed by atoms with E-state index in [0.29, 0.717) is 9.90 Å². The summed E-state index contributed by atoms with van der Waals surface area (Å²) in [6.45, 7) is 1.40. The monoisotopic (exact) mass is 220 g/mol. The number of aliphatic carboxylic acids is 1. The first-order valence-corrected chi connectivity index (χ1v) is 4.62. The number of rotatable bonds is 2. The SMILES string of the molecule is C/C(=C(/F)C(=O)O)c1csc(Cl)c1. The Balaban J connectivity index is 3.09. The number of carbonyl (C=O) groups is 1. The third-order valence-electron chi connectivity index (χ3n) is 1.52. The lowest BCUT2D eigenvalue weighted by atomic mass is 10.1. The molecule has 0 amide bonds. The van der Waals surface area contributed by atoms with Crippen molar-refractivity contribution < 1.29 is 14.3 Å². The molecule has 1 rings (SSSR count). The van der Waals surface area contributed by atoms with Gasteiger partial charge in [0.25, 0.3) is 0 Å². The van der Waals surface area contributed by atoms with E-state index in [-0.39, 0.29) is 5.57 Å². The lowest BCUT2D eigenvalue weighted by Gasteiger charge is -1.96. The van der Waals surface area contributed by atoms with E-state index in [1.54, 1.807) is 5.38 Å². The van der Waals surface area contributed by atoms with Crippen LogP contribution in [0.1, 0.15) is 12.5 Å². The zero-order chi connectivity index (χ0) is 10.0. The summed E-state index contributed by atoms with van der Waals surface area (Å²) in [5.41, 5.74) is 0.602. The van der Waals surface area contributed by atoms with E-state index in [1.807, 2.05) is 0 Å². The van der Waals surface area contributed by atoms with Crippen molar-refractivity contribution in [2.45, 2.75) is 6.92 Å². The van der Waals surface area contributed by atoms with Crippen molar-refractivity contribution in [2.75, 3.05) is 0 Å². The zero-order valence-electron chi connectivity index (χ0n) is 6.67. The van der Waals surface area contributed by atoms with Crippen molar-refractivity contribution in [3.63, 3.8) is 0 Å². The van der Waals surface area contributed by atoms with Crippen LogP contribution in [0.3, 0.4) is 0 Å². The summed E-state index contributed by atoms with van der Waals surface area (Å²) in [6, 6.07) is 1.53. The molecule has 0 fully saturated rings. The van der Waals surface area contributed by atoms with Crippen LogP contribution >= 0.6 is 22.9 Å². The second-order valence-corrected chi connectivity index (χ2v) is 3.93. The molecule has 0 radical (unpaired) electrons. The van der Waals surface area contributed by atoms with Crippen LogP contribution in [-0.2, 0) is 4.79 Å². The molecule has 1 heterocycles.